The lowest BCUT2D eigenvalue weighted by molar-refractivity contribution is 0.0945. The largest absolute Gasteiger partial charge is 0.395 e. The molecule has 1 aliphatic rings. The lowest BCUT2D eigenvalue weighted by atomic mass is 10.1. The maximum Gasteiger partial charge on any atom is 0.255 e. The van der Waals surface area contributed by atoms with E-state index in [1.165, 1.54) is 0 Å². The van der Waals surface area contributed by atoms with E-state index in [9.17, 15) is 9.59 Å². The Morgan fingerprint density at radius 3 is 2.48 bits per heavy atom. The standard InChI is InChI=1S/C21H27N5O3/c1-3-4-18-15(2)19(28)24-21(23-18)26-12-10-25(11-13-26)17-7-5-16(6-8-17)20(29)22-9-14-27/h3-8,27H,9-14H2,1-2H3,(H,22,29)(H,23,24,28)/b4-3-. The molecule has 1 aromatic heterocycles. The third-order valence-corrected chi connectivity index (χ3v) is 4.97. The van der Waals surface area contributed by atoms with Crippen LogP contribution in [0.15, 0.2) is 35.1 Å². The molecule has 1 saturated heterocycles. The normalized spacial score (nSPS) is 14.4. The maximum atomic E-state index is 12.2. The van der Waals surface area contributed by atoms with E-state index in [1.807, 2.05) is 31.2 Å². The summed E-state index contributed by atoms with van der Waals surface area (Å²) in [6.45, 7) is 6.89. The monoisotopic (exact) mass is 397 g/mol. The zero-order valence-corrected chi connectivity index (χ0v) is 16.8. The fourth-order valence-corrected chi connectivity index (χ4v) is 3.28. The van der Waals surface area contributed by atoms with Gasteiger partial charge in [0.15, 0.2) is 0 Å². The zero-order valence-electron chi connectivity index (χ0n) is 16.8. The van der Waals surface area contributed by atoms with Gasteiger partial charge in [-0.3, -0.25) is 14.6 Å². The van der Waals surface area contributed by atoms with Gasteiger partial charge < -0.3 is 20.2 Å². The van der Waals surface area contributed by atoms with Crippen LogP contribution in [0.2, 0.25) is 0 Å². The van der Waals surface area contributed by atoms with Crippen LogP contribution < -0.4 is 20.7 Å². The van der Waals surface area contributed by atoms with Crippen molar-refractivity contribution >= 4 is 23.6 Å². The predicted octanol–water partition coefficient (Wildman–Crippen LogP) is 1.16. The molecule has 2 heterocycles. The van der Waals surface area contributed by atoms with E-state index in [0.717, 1.165) is 31.9 Å². The van der Waals surface area contributed by atoms with Gasteiger partial charge in [-0.1, -0.05) is 6.08 Å². The van der Waals surface area contributed by atoms with Crippen LogP contribution in [-0.4, -0.2) is 60.3 Å². The van der Waals surface area contributed by atoms with Crippen molar-refractivity contribution in [2.24, 2.45) is 0 Å². The third-order valence-electron chi connectivity index (χ3n) is 4.97. The van der Waals surface area contributed by atoms with Gasteiger partial charge in [-0.2, -0.15) is 0 Å². The molecule has 1 amide bonds. The fourth-order valence-electron chi connectivity index (χ4n) is 3.28. The van der Waals surface area contributed by atoms with Gasteiger partial charge in [-0.15, -0.1) is 0 Å². The Bertz CT molecular complexity index is 928. The van der Waals surface area contributed by atoms with E-state index in [2.05, 4.69) is 25.1 Å². The van der Waals surface area contributed by atoms with E-state index in [0.29, 0.717) is 22.8 Å². The highest BCUT2D eigenvalue weighted by atomic mass is 16.3. The van der Waals surface area contributed by atoms with Crippen molar-refractivity contribution in [3.05, 3.63) is 57.5 Å². The Balaban J connectivity index is 1.65. The average molecular weight is 397 g/mol. The number of piperazine rings is 1. The number of nitrogens with one attached hydrogen (secondary N) is 2. The molecule has 3 N–H and O–H groups in total. The number of hydrogen-bond acceptors (Lipinski definition) is 6. The van der Waals surface area contributed by atoms with Crippen molar-refractivity contribution in [3.8, 4) is 0 Å². The van der Waals surface area contributed by atoms with Gasteiger partial charge in [0.1, 0.15) is 0 Å². The summed E-state index contributed by atoms with van der Waals surface area (Å²) in [6.07, 6.45) is 3.73. The highest BCUT2D eigenvalue weighted by Gasteiger charge is 2.20. The van der Waals surface area contributed by atoms with Crippen molar-refractivity contribution in [1.29, 1.82) is 0 Å². The second-order valence-electron chi connectivity index (χ2n) is 6.90. The summed E-state index contributed by atoms with van der Waals surface area (Å²) in [7, 11) is 0. The molecule has 154 valence electrons. The minimum absolute atomic E-state index is 0.0779. The Morgan fingerprint density at radius 2 is 1.86 bits per heavy atom. The Labute approximate surface area is 169 Å². The molecule has 0 radical (unpaired) electrons. The van der Waals surface area contributed by atoms with Crippen LogP contribution in [0.4, 0.5) is 11.6 Å². The summed E-state index contributed by atoms with van der Waals surface area (Å²) < 4.78 is 0. The van der Waals surface area contributed by atoms with Crippen LogP contribution >= 0.6 is 0 Å². The first-order valence-electron chi connectivity index (χ1n) is 9.76. The van der Waals surface area contributed by atoms with Crippen LogP contribution in [-0.2, 0) is 0 Å². The van der Waals surface area contributed by atoms with Gasteiger partial charge in [0.25, 0.3) is 11.5 Å². The Kier molecular flexibility index (Phi) is 6.66. The molecule has 0 spiro atoms. The van der Waals surface area contributed by atoms with Gasteiger partial charge in [-0.05, 0) is 44.2 Å². The first kappa shape index (κ1) is 20.6. The smallest absolute Gasteiger partial charge is 0.255 e. The topological polar surface area (TPSA) is 102 Å². The second kappa shape index (κ2) is 9.38. The van der Waals surface area contributed by atoms with Crippen LogP contribution in [0.3, 0.4) is 0 Å². The van der Waals surface area contributed by atoms with Crippen LogP contribution in [0.1, 0.15) is 28.5 Å². The molecule has 0 bridgehead atoms. The number of rotatable bonds is 6. The number of anilines is 2. The SMILES string of the molecule is C/C=C\c1nc(N2CCN(c3ccc(C(=O)NCCO)cc3)CC2)[nH]c(=O)c1C. The molecule has 29 heavy (non-hydrogen) atoms. The number of carbonyl (C=O) groups excluding carboxylic acids is 1. The molecule has 0 unspecified atom stereocenters. The van der Waals surface area contributed by atoms with Crippen molar-refractivity contribution in [1.82, 2.24) is 15.3 Å². The van der Waals surface area contributed by atoms with Gasteiger partial charge in [0.2, 0.25) is 5.95 Å². The Hall–Kier alpha value is -3.13. The van der Waals surface area contributed by atoms with Crippen LogP contribution in [0, 0.1) is 6.92 Å². The summed E-state index contributed by atoms with van der Waals surface area (Å²) in [5.41, 5.74) is 2.82. The number of hydrogen-bond donors (Lipinski definition) is 3. The minimum atomic E-state index is -0.193. The second-order valence-corrected chi connectivity index (χ2v) is 6.90. The molecule has 0 saturated carbocycles. The lowest BCUT2D eigenvalue weighted by Crippen LogP contribution is -2.47. The van der Waals surface area contributed by atoms with Crippen molar-refractivity contribution in [3.63, 3.8) is 0 Å². The molecular formula is C21H27N5O3. The quantitative estimate of drug-likeness (QED) is 0.676. The Morgan fingerprint density at radius 1 is 1.21 bits per heavy atom. The fraction of sp³-hybridized carbons (Fsp3) is 0.381. The summed E-state index contributed by atoms with van der Waals surface area (Å²) in [6, 6.07) is 7.44. The molecule has 2 aromatic rings. The molecule has 3 rings (SSSR count). The third kappa shape index (κ3) is 4.83. The van der Waals surface area contributed by atoms with Crippen LogP contribution in [0.25, 0.3) is 6.08 Å². The van der Waals surface area contributed by atoms with Gasteiger partial charge in [-0.25, -0.2) is 4.98 Å². The number of aromatic amines is 1. The molecule has 1 aliphatic heterocycles. The molecular weight excluding hydrogens is 370 g/mol. The predicted molar refractivity (Wildman–Crippen MR) is 115 cm³/mol. The van der Waals surface area contributed by atoms with Crippen molar-refractivity contribution in [2.75, 3.05) is 49.1 Å². The lowest BCUT2D eigenvalue weighted by Gasteiger charge is -2.36. The number of H-pyrrole nitrogens is 1. The number of nitrogens with zero attached hydrogens (tertiary/aromatic N) is 3. The number of benzene rings is 1. The number of aliphatic hydroxyl groups excluding tert-OH is 1. The minimum Gasteiger partial charge on any atom is -0.395 e. The van der Waals surface area contributed by atoms with Gasteiger partial charge in [0, 0.05) is 49.5 Å². The van der Waals surface area contributed by atoms with E-state index >= 15 is 0 Å². The number of amides is 1. The molecule has 1 fully saturated rings. The van der Waals surface area contributed by atoms with Gasteiger partial charge >= 0.3 is 0 Å². The van der Waals surface area contributed by atoms with E-state index in [1.54, 1.807) is 19.1 Å². The van der Waals surface area contributed by atoms with E-state index in [4.69, 9.17) is 5.11 Å². The maximum absolute atomic E-state index is 12.2. The highest BCUT2D eigenvalue weighted by Crippen LogP contribution is 2.19. The van der Waals surface area contributed by atoms with Crippen molar-refractivity contribution < 1.29 is 9.90 Å². The van der Waals surface area contributed by atoms with Gasteiger partial charge in [0.05, 0.1) is 12.3 Å². The molecule has 1 aromatic carbocycles. The molecule has 8 heteroatoms. The first-order valence-corrected chi connectivity index (χ1v) is 9.76. The average Bonchev–Trinajstić information content (AvgIpc) is 2.75. The number of aliphatic hydroxyl groups is 1. The van der Waals surface area contributed by atoms with Crippen LogP contribution in [0.5, 0.6) is 0 Å². The zero-order chi connectivity index (χ0) is 20.8. The number of aromatic nitrogens is 2. The number of carbonyl (C=O) groups is 1. The summed E-state index contributed by atoms with van der Waals surface area (Å²) >= 11 is 0. The highest BCUT2D eigenvalue weighted by molar-refractivity contribution is 5.94. The van der Waals surface area contributed by atoms with E-state index < -0.39 is 0 Å². The van der Waals surface area contributed by atoms with Crippen molar-refractivity contribution in [2.45, 2.75) is 13.8 Å². The summed E-state index contributed by atoms with van der Waals surface area (Å²) in [4.78, 5) is 35.9. The summed E-state index contributed by atoms with van der Waals surface area (Å²) in [5, 5.41) is 11.4. The molecule has 0 atom stereocenters. The summed E-state index contributed by atoms with van der Waals surface area (Å²) in [5.74, 6) is 0.408. The first-order chi connectivity index (χ1) is 14.0. The molecule has 8 nitrogen and oxygen atoms in total. The number of allylic oxidation sites excluding steroid dienone is 1. The molecule has 0 aliphatic carbocycles. The van der Waals surface area contributed by atoms with E-state index in [-0.39, 0.29) is 24.6 Å².